The van der Waals surface area contributed by atoms with Gasteiger partial charge in [0.05, 0.1) is 0 Å². The molecule has 0 unspecified atom stereocenters. The number of aromatic nitrogens is 1. The summed E-state index contributed by atoms with van der Waals surface area (Å²) in [5.74, 6) is 2.65. The van der Waals surface area contributed by atoms with Crippen molar-refractivity contribution in [3.05, 3.63) is 35.5 Å². The Morgan fingerprint density at radius 3 is 3.00 bits per heavy atom. The first-order valence-electron chi connectivity index (χ1n) is 4.99. The van der Waals surface area contributed by atoms with Gasteiger partial charge in [0.2, 0.25) is 0 Å². The summed E-state index contributed by atoms with van der Waals surface area (Å²) in [4.78, 5) is 0. The van der Waals surface area contributed by atoms with E-state index >= 15 is 0 Å². The van der Waals surface area contributed by atoms with Crippen molar-refractivity contribution in [1.29, 1.82) is 0 Å². The van der Waals surface area contributed by atoms with Crippen molar-refractivity contribution in [2.75, 3.05) is 0 Å². The molecule has 0 atom stereocenters. The molecule has 0 spiro atoms. The SMILES string of the molecule is C#CCCCn1ccc2cc(Cl)ccc21. The molecule has 0 N–H and O–H groups in total. The van der Waals surface area contributed by atoms with Gasteiger partial charge in [0.1, 0.15) is 0 Å². The largest absolute Gasteiger partial charge is 0.347 e. The zero-order chi connectivity index (χ0) is 10.7. The van der Waals surface area contributed by atoms with Gasteiger partial charge in [-0.1, -0.05) is 11.6 Å². The molecule has 1 aromatic heterocycles. The quantitative estimate of drug-likeness (QED) is 0.546. The van der Waals surface area contributed by atoms with Crippen LogP contribution in [-0.4, -0.2) is 4.57 Å². The van der Waals surface area contributed by atoms with Crippen LogP contribution < -0.4 is 0 Å². The zero-order valence-electron chi connectivity index (χ0n) is 8.41. The third kappa shape index (κ3) is 2.16. The minimum atomic E-state index is 0.781. The molecule has 0 aliphatic rings. The van der Waals surface area contributed by atoms with Gasteiger partial charge in [0, 0.05) is 35.1 Å². The predicted octanol–water partition coefficient (Wildman–Crippen LogP) is 3.71. The molecule has 76 valence electrons. The molecule has 15 heavy (non-hydrogen) atoms. The van der Waals surface area contributed by atoms with Crippen molar-refractivity contribution >= 4 is 22.5 Å². The zero-order valence-corrected chi connectivity index (χ0v) is 9.17. The van der Waals surface area contributed by atoms with E-state index in [0.29, 0.717) is 0 Å². The van der Waals surface area contributed by atoms with Crippen LogP contribution in [0.15, 0.2) is 30.5 Å². The maximum absolute atomic E-state index is 5.92. The Labute approximate surface area is 94.7 Å². The molecule has 1 nitrogen and oxygen atoms in total. The number of hydrogen-bond donors (Lipinski definition) is 0. The van der Waals surface area contributed by atoms with E-state index in [2.05, 4.69) is 22.8 Å². The molecular formula is C13H12ClN. The van der Waals surface area contributed by atoms with Crippen molar-refractivity contribution < 1.29 is 0 Å². The Morgan fingerprint density at radius 2 is 2.20 bits per heavy atom. The number of terminal acetylenes is 1. The van der Waals surface area contributed by atoms with Crippen molar-refractivity contribution in [2.45, 2.75) is 19.4 Å². The van der Waals surface area contributed by atoms with Crippen molar-refractivity contribution in [1.82, 2.24) is 4.57 Å². The van der Waals surface area contributed by atoms with Crippen LogP contribution in [0, 0.1) is 12.3 Å². The van der Waals surface area contributed by atoms with Crippen LogP contribution in [0.2, 0.25) is 5.02 Å². The Kier molecular flexibility index (Phi) is 2.99. The van der Waals surface area contributed by atoms with Crippen LogP contribution >= 0.6 is 11.6 Å². The van der Waals surface area contributed by atoms with E-state index in [9.17, 15) is 0 Å². The smallest absolute Gasteiger partial charge is 0.0481 e. The minimum absolute atomic E-state index is 0.781. The fraction of sp³-hybridized carbons (Fsp3) is 0.231. The van der Waals surface area contributed by atoms with E-state index in [4.69, 9.17) is 18.0 Å². The summed E-state index contributed by atoms with van der Waals surface area (Å²) in [6.45, 7) is 0.968. The molecule has 2 heteroatoms. The van der Waals surface area contributed by atoms with Gasteiger partial charge in [-0.2, -0.15) is 0 Å². The molecule has 0 saturated heterocycles. The van der Waals surface area contributed by atoms with Gasteiger partial charge in [-0.3, -0.25) is 0 Å². The molecule has 0 bridgehead atoms. The third-order valence-electron chi connectivity index (χ3n) is 2.45. The number of hydrogen-bond acceptors (Lipinski definition) is 0. The van der Waals surface area contributed by atoms with Crippen LogP contribution in [0.3, 0.4) is 0 Å². The average molecular weight is 218 g/mol. The monoisotopic (exact) mass is 217 g/mol. The van der Waals surface area contributed by atoms with Gasteiger partial charge < -0.3 is 4.57 Å². The summed E-state index contributed by atoms with van der Waals surface area (Å²) in [6, 6.07) is 8.03. The lowest BCUT2D eigenvalue weighted by Gasteiger charge is -2.03. The van der Waals surface area contributed by atoms with Crippen LogP contribution in [0.5, 0.6) is 0 Å². The van der Waals surface area contributed by atoms with E-state index in [1.165, 1.54) is 10.9 Å². The molecule has 0 radical (unpaired) electrons. The highest BCUT2D eigenvalue weighted by molar-refractivity contribution is 6.31. The molecule has 1 aromatic carbocycles. The molecule has 0 aliphatic carbocycles. The van der Waals surface area contributed by atoms with Gasteiger partial charge in [-0.05, 0) is 30.7 Å². The molecule has 0 amide bonds. The molecule has 1 heterocycles. The summed E-state index contributed by atoms with van der Waals surface area (Å²) in [5, 5.41) is 1.96. The van der Waals surface area contributed by atoms with E-state index in [-0.39, 0.29) is 0 Å². The lowest BCUT2D eigenvalue weighted by molar-refractivity contribution is 0.677. The first kappa shape index (κ1) is 10.1. The van der Waals surface area contributed by atoms with Crippen LogP contribution in [0.4, 0.5) is 0 Å². The lowest BCUT2D eigenvalue weighted by Crippen LogP contribution is -1.94. The highest BCUT2D eigenvalue weighted by Gasteiger charge is 2.00. The lowest BCUT2D eigenvalue weighted by atomic mass is 10.2. The first-order chi connectivity index (χ1) is 7.31. The number of unbranched alkanes of at least 4 members (excludes halogenated alkanes) is 1. The maximum atomic E-state index is 5.92. The second-order valence-corrected chi connectivity index (χ2v) is 3.96. The summed E-state index contributed by atoms with van der Waals surface area (Å²) in [6.07, 6.45) is 9.15. The second kappa shape index (κ2) is 4.42. The Bertz CT molecular complexity index is 505. The first-order valence-corrected chi connectivity index (χ1v) is 5.37. The minimum Gasteiger partial charge on any atom is -0.347 e. The Hall–Kier alpha value is -1.39. The Balaban J connectivity index is 2.26. The highest BCUT2D eigenvalue weighted by atomic mass is 35.5. The number of aryl methyl sites for hydroxylation is 1. The van der Waals surface area contributed by atoms with Gasteiger partial charge >= 0.3 is 0 Å². The van der Waals surface area contributed by atoms with Crippen molar-refractivity contribution in [3.63, 3.8) is 0 Å². The average Bonchev–Trinajstić information content (AvgIpc) is 2.61. The topological polar surface area (TPSA) is 4.93 Å². The van der Waals surface area contributed by atoms with Gasteiger partial charge in [0.25, 0.3) is 0 Å². The van der Waals surface area contributed by atoms with E-state index in [1.807, 2.05) is 18.2 Å². The Morgan fingerprint density at radius 1 is 1.33 bits per heavy atom. The van der Waals surface area contributed by atoms with Crippen LogP contribution in [0.1, 0.15) is 12.8 Å². The normalized spacial score (nSPS) is 10.4. The molecule has 0 fully saturated rings. The fourth-order valence-corrected chi connectivity index (χ4v) is 1.90. The summed E-state index contributed by atoms with van der Waals surface area (Å²) in [5.41, 5.74) is 1.22. The molecule has 2 rings (SSSR count). The number of nitrogens with zero attached hydrogens (tertiary/aromatic N) is 1. The summed E-state index contributed by atoms with van der Waals surface area (Å²) in [7, 11) is 0. The number of fused-ring (bicyclic) bond motifs is 1. The third-order valence-corrected chi connectivity index (χ3v) is 2.69. The van der Waals surface area contributed by atoms with Gasteiger partial charge in [-0.25, -0.2) is 0 Å². The molecule has 2 aromatic rings. The van der Waals surface area contributed by atoms with Crippen LogP contribution in [-0.2, 0) is 6.54 Å². The van der Waals surface area contributed by atoms with E-state index in [0.717, 1.165) is 24.4 Å². The van der Waals surface area contributed by atoms with Gasteiger partial charge in [0.15, 0.2) is 0 Å². The van der Waals surface area contributed by atoms with E-state index < -0.39 is 0 Å². The van der Waals surface area contributed by atoms with Gasteiger partial charge in [-0.15, -0.1) is 12.3 Å². The molecule has 0 aliphatic heterocycles. The fourth-order valence-electron chi connectivity index (χ4n) is 1.72. The number of benzene rings is 1. The predicted molar refractivity (Wildman–Crippen MR) is 65.0 cm³/mol. The standard InChI is InChI=1S/C13H12ClN/c1-2-3-4-8-15-9-7-11-10-12(14)5-6-13(11)15/h1,5-7,9-10H,3-4,8H2. The summed E-state index contributed by atoms with van der Waals surface area (Å²) < 4.78 is 2.21. The second-order valence-electron chi connectivity index (χ2n) is 3.52. The number of halogens is 1. The van der Waals surface area contributed by atoms with Crippen molar-refractivity contribution in [2.24, 2.45) is 0 Å². The van der Waals surface area contributed by atoms with Crippen molar-refractivity contribution in [3.8, 4) is 12.3 Å². The van der Waals surface area contributed by atoms with E-state index in [1.54, 1.807) is 0 Å². The highest BCUT2D eigenvalue weighted by Crippen LogP contribution is 2.20. The maximum Gasteiger partial charge on any atom is 0.0481 e. The molecule has 0 saturated carbocycles. The number of rotatable bonds is 3. The van der Waals surface area contributed by atoms with Crippen LogP contribution in [0.25, 0.3) is 10.9 Å². The molecular weight excluding hydrogens is 206 g/mol. The summed E-state index contributed by atoms with van der Waals surface area (Å²) >= 11 is 5.92.